The van der Waals surface area contributed by atoms with Gasteiger partial charge < -0.3 is 19.9 Å². The van der Waals surface area contributed by atoms with Crippen molar-refractivity contribution in [2.45, 2.75) is 24.1 Å². The predicted molar refractivity (Wildman–Crippen MR) is 48.6 cm³/mol. The minimum absolute atomic E-state index is 0.140. The summed E-state index contributed by atoms with van der Waals surface area (Å²) >= 11 is 4.20. The lowest BCUT2D eigenvalue weighted by Gasteiger charge is -2.31. The molecule has 0 aromatic rings. The Bertz CT molecular complexity index is 189. The summed E-state index contributed by atoms with van der Waals surface area (Å²) in [5.74, 6) is 0. The van der Waals surface area contributed by atoms with Crippen LogP contribution in [0.25, 0.3) is 0 Å². The summed E-state index contributed by atoms with van der Waals surface area (Å²) in [5.41, 5.74) is 4.90. The fourth-order valence-electron chi connectivity index (χ4n) is 1.17. The fourth-order valence-corrected chi connectivity index (χ4v) is 1.44. The van der Waals surface area contributed by atoms with Crippen LogP contribution in [0.5, 0.6) is 0 Å². The zero-order valence-corrected chi connectivity index (χ0v) is 8.20. The van der Waals surface area contributed by atoms with E-state index in [1.165, 1.54) is 7.11 Å². The summed E-state index contributed by atoms with van der Waals surface area (Å²) in [4.78, 5) is 10.5. The molecule has 0 aromatic heterocycles. The second-order valence-corrected chi connectivity index (χ2v) is 3.44. The van der Waals surface area contributed by atoms with Crippen molar-refractivity contribution in [3.63, 3.8) is 0 Å². The maximum Gasteiger partial charge on any atom is 0.404 e. The maximum atomic E-state index is 10.5. The molecule has 1 saturated heterocycles. The van der Waals surface area contributed by atoms with E-state index in [1.54, 1.807) is 0 Å². The molecule has 0 spiro atoms. The zero-order chi connectivity index (χ0) is 9.84. The van der Waals surface area contributed by atoms with Gasteiger partial charge in [0.25, 0.3) is 0 Å². The van der Waals surface area contributed by atoms with E-state index in [9.17, 15) is 4.79 Å². The van der Waals surface area contributed by atoms with Crippen molar-refractivity contribution in [1.29, 1.82) is 0 Å². The lowest BCUT2D eigenvalue weighted by Crippen LogP contribution is -2.42. The highest BCUT2D eigenvalue weighted by Gasteiger charge is 2.31. The van der Waals surface area contributed by atoms with E-state index < -0.39 is 6.09 Å². The molecule has 6 heteroatoms. The molecule has 0 radical (unpaired) electrons. The number of thiol groups is 1. The van der Waals surface area contributed by atoms with E-state index in [2.05, 4.69) is 12.6 Å². The summed E-state index contributed by atoms with van der Waals surface area (Å²) in [6.45, 7) is 0.388. The number of carbonyl (C=O) groups is 1. The van der Waals surface area contributed by atoms with Crippen LogP contribution in [0, 0.1) is 0 Å². The van der Waals surface area contributed by atoms with Crippen LogP contribution in [0.2, 0.25) is 0 Å². The highest BCUT2D eigenvalue weighted by Crippen LogP contribution is 2.21. The Morgan fingerprint density at radius 2 is 2.38 bits per heavy atom. The second-order valence-electron chi connectivity index (χ2n) is 2.78. The first-order valence-electron chi connectivity index (χ1n) is 3.92. The molecule has 1 aliphatic heterocycles. The second kappa shape index (κ2) is 4.69. The number of amides is 1. The van der Waals surface area contributed by atoms with Gasteiger partial charge in [-0.3, -0.25) is 0 Å². The van der Waals surface area contributed by atoms with E-state index in [1.807, 2.05) is 0 Å². The van der Waals surface area contributed by atoms with E-state index in [0.717, 1.165) is 0 Å². The van der Waals surface area contributed by atoms with Crippen molar-refractivity contribution in [2.75, 3.05) is 13.7 Å². The molecule has 1 heterocycles. The Labute approximate surface area is 81.9 Å². The van der Waals surface area contributed by atoms with Gasteiger partial charge >= 0.3 is 6.09 Å². The van der Waals surface area contributed by atoms with Gasteiger partial charge in [0.1, 0.15) is 6.10 Å². The van der Waals surface area contributed by atoms with Crippen molar-refractivity contribution >= 4 is 18.7 Å². The average molecular weight is 207 g/mol. The third kappa shape index (κ3) is 3.06. The number of ether oxygens (including phenoxy) is 3. The number of methoxy groups -OCH3 is 1. The highest BCUT2D eigenvalue weighted by molar-refractivity contribution is 7.81. The molecule has 0 unspecified atom stereocenters. The molecular weight excluding hydrogens is 194 g/mol. The molecule has 0 aliphatic carbocycles. The molecule has 3 atom stereocenters. The van der Waals surface area contributed by atoms with Crippen molar-refractivity contribution in [1.82, 2.24) is 0 Å². The number of rotatable bonds is 2. The Morgan fingerprint density at radius 1 is 1.69 bits per heavy atom. The van der Waals surface area contributed by atoms with Crippen LogP contribution in [-0.2, 0) is 14.2 Å². The smallest absolute Gasteiger partial charge is 0.404 e. The van der Waals surface area contributed by atoms with Crippen LogP contribution in [0.15, 0.2) is 0 Å². The summed E-state index contributed by atoms with van der Waals surface area (Å²) in [7, 11) is 1.53. The lowest BCUT2D eigenvalue weighted by molar-refractivity contribution is -0.167. The fraction of sp³-hybridized carbons (Fsp3) is 0.857. The van der Waals surface area contributed by atoms with Gasteiger partial charge in [0, 0.05) is 13.5 Å². The minimum atomic E-state index is -0.791. The van der Waals surface area contributed by atoms with Gasteiger partial charge in [-0.05, 0) is 0 Å². The molecule has 76 valence electrons. The van der Waals surface area contributed by atoms with Crippen molar-refractivity contribution in [3.05, 3.63) is 0 Å². The van der Waals surface area contributed by atoms with Crippen LogP contribution in [-0.4, -0.2) is 37.5 Å². The number of primary amides is 1. The SMILES string of the molecule is CO[C@H]1C[C@H](OC(N)=O)[C@H](S)CO1. The first kappa shape index (κ1) is 10.6. The number of nitrogens with two attached hydrogens (primary N) is 1. The molecule has 5 nitrogen and oxygen atoms in total. The molecular formula is C7H13NO4S. The zero-order valence-electron chi connectivity index (χ0n) is 7.30. The molecule has 1 rings (SSSR count). The number of carbonyl (C=O) groups excluding carboxylic acids is 1. The van der Waals surface area contributed by atoms with Crippen molar-refractivity contribution in [3.8, 4) is 0 Å². The van der Waals surface area contributed by atoms with Crippen molar-refractivity contribution in [2.24, 2.45) is 5.73 Å². The number of hydrogen-bond acceptors (Lipinski definition) is 5. The van der Waals surface area contributed by atoms with E-state index >= 15 is 0 Å². The van der Waals surface area contributed by atoms with Gasteiger partial charge in [-0.1, -0.05) is 0 Å². The van der Waals surface area contributed by atoms with Gasteiger partial charge in [-0.2, -0.15) is 12.6 Å². The van der Waals surface area contributed by atoms with Gasteiger partial charge in [-0.25, -0.2) is 4.79 Å². The van der Waals surface area contributed by atoms with E-state index in [0.29, 0.717) is 13.0 Å². The predicted octanol–water partition coefficient (Wildman–Crippen LogP) is 0.142. The maximum absolute atomic E-state index is 10.5. The van der Waals surface area contributed by atoms with Gasteiger partial charge in [0.05, 0.1) is 11.9 Å². The Balaban J connectivity index is 2.44. The van der Waals surface area contributed by atoms with Crippen LogP contribution >= 0.6 is 12.6 Å². The summed E-state index contributed by atoms with van der Waals surface area (Å²) in [5, 5.41) is -0.140. The molecule has 0 aromatic carbocycles. The van der Waals surface area contributed by atoms with E-state index in [-0.39, 0.29) is 17.6 Å². The number of hydrogen-bond donors (Lipinski definition) is 2. The Kier molecular flexibility index (Phi) is 3.83. The third-order valence-electron chi connectivity index (χ3n) is 1.84. The molecule has 1 amide bonds. The molecule has 13 heavy (non-hydrogen) atoms. The lowest BCUT2D eigenvalue weighted by atomic mass is 10.1. The van der Waals surface area contributed by atoms with Crippen molar-refractivity contribution < 1.29 is 19.0 Å². The topological polar surface area (TPSA) is 70.8 Å². The monoisotopic (exact) mass is 207 g/mol. The highest BCUT2D eigenvalue weighted by atomic mass is 32.1. The summed E-state index contributed by atoms with van der Waals surface area (Å²) in [6, 6.07) is 0. The average Bonchev–Trinajstić information content (AvgIpc) is 2.08. The minimum Gasteiger partial charge on any atom is -0.445 e. The van der Waals surface area contributed by atoms with Crippen LogP contribution in [0.1, 0.15) is 6.42 Å². The Morgan fingerprint density at radius 3 is 2.92 bits per heavy atom. The first-order valence-corrected chi connectivity index (χ1v) is 4.43. The largest absolute Gasteiger partial charge is 0.445 e. The molecule has 1 aliphatic rings. The normalized spacial score (nSPS) is 34.2. The molecule has 1 fully saturated rings. The van der Waals surface area contributed by atoms with Crippen LogP contribution in [0.3, 0.4) is 0 Å². The third-order valence-corrected chi connectivity index (χ3v) is 2.32. The molecule has 0 saturated carbocycles. The quantitative estimate of drug-likeness (QED) is 0.632. The molecule has 2 N–H and O–H groups in total. The van der Waals surface area contributed by atoms with Crippen LogP contribution in [0.4, 0.5) is 4.79 Å². The van der Waals surface area contributed by atoms with Gasteiger partial charge in [-0.15, -0.1) is 0 Å². The molecule has 0 bridgehead atoms. The van der Waals surface area contributed by atoms with Crippen LogP contribution < -0.4 is 5.73 Å². The summed E-state index contributed by atoms with van der Waals surface area (Å²) in [6.07, 6.45) is -0.999. The summed E-state index contributed by atoms with van der Waals surface area (Å²) < 4.78 is 15.0. The van der Waals surface area contributed by atoms with E-state index in [4.69, 9.17) is 19.9 Å². The first-order chi connectivity index (χ1) is 6.13. The standard InChI is InChI=1S/C7H13NO4S/c1-10-6-2-4(12-7(8)9)5(13)3-11-6/h4-6,13H,2-3H2,1H3,(H2,8,9)/t4-,5+,6+/m0/s1. The van der Waals surface area contributed by atoms with Gasteiger partial charge in [0.15, 0.2) is 6.29 Å². The van der Waals surface area contributed by atoms with Gasteiger partial charge in [0.2, 0.25) is 0 Å². The Hall–Kier alpha value is -0.460.